The third kappa shape index (κ3) is 3.66. The molecule has 3 amide bonds. The molecule has 1 aromatic carbocycles. The van der Waals surface area contributed by atoms with Crippen molar-refractivity contribution >= 4 is 29.1 Å². The van der Waals surface area contributed by atoms with Gasteiger partial charge in [-0.15, -0.1) is 0 Å². The van der Waals surface area contributed by atoms with Gasteiger partial charge in [-0.2, -0.15) is 0 Å². The average molecular weight is 380 g/mol. The fraction of sp³-hybridized carbons (Fsp3) is 0.300. The Kier molecular flexibility index (Phi) is 4.68. The van der Waals surface area contributed by atoms with E-state index in [4.69, 9.17) is 4.74 Å². The van der Waals surface area contributed by atoms with Crippen LogP contribution in [-0.2, 0) is 20.9 Å². The monoisotopic (exact) mass is 380 g/mol. The van der Waals surface area contributed by atoms with E-state index in [2.05, 4.69) is 15.6 Å². The number of hydrogen-bond acceptors (Lipinski definition) is 5. The summed E-state index contributed by atoms with van der Waals surface area (Å²) >= 11 is 0. The molecule has 2 atom stereocenters. The van der Waals surface area contributed by atoms with Gasteiger partial charge in [-0.05, 0) is 37.3 Å². The SMILES string of the molecule is CC1Oc2ccc(NC(=O)C3CC(=O)N(Cc4ccccn4)C3)cc2NC1=O. The second kappa shape index (κ2) is 7.30. The first-order valence-electron chi connectivity index (χ1n) is 9.10. The van der Waals surface area contributed by atoms with Gasteiger partial charge in [-0.25, -0.2) is 0 Å². The maximum atomic E-state index is 12.6. The molecule has 144 valence electrons. The molecule has 1 aromatic heterocycles. The van der Waals surface area contributed by atoms with Crippen LogP contribution in [0.4, 0.5) is 11.4 Å². The van der Waals surface area contributed by atoms with Crippen LogP contribution in [0.3, 0.4) is 0 Å². The first-order chi connectivity index (χ1) is 13.5. The van der Waals surface area contributed by atoms with E-state index in [1.807, 2.05) is 18.2 Å². The molecule has 2 aliphatic heterocycles. The minimum atomic E-state index is -0.553. The predicted octanol–water partition coefficient (Wildman–Crippen LogP) is 1.79. The van der Waals surface area contributed by atoms with Crippen LogP contribution in [0.5, 0.6) is 5.75 Å². The normalized spacial score (nSPS) is 21.0. The zero-order chi connectivity index (χ0) is 19.7. The van der Waals surface area contributed by atoms with Gasteiger partial charge in [0.1, 0.15) is 5.75 Å². The fourth-order valence-corrected chi connectivity index (χ4v) is 3.32. The maximum Gasteiger partial charge on any atom is 0.265 e. The molecule has 8 nitrogen and oxygen atoms in total. The molecular weight excluding hydrogens is 360 g/mol. The molecule has 2 aliphatic rings. The van der Waals surface area contributed by atoms with Crippen molar-refractivity contribution in [3.05, 3.63) is 48.3 Å². The molecule has 0 aliphatic carbocycles. The second-order valence-corrected chi connectivity index (χ2v) is 6.95. The van der Waals surface area contributed by atoms with Crippen molar-refractivity contribution in [2.75, 3.05) is 17.2 Å². The van der Waals surface area contributed by atoms with Crippen molar-refractivity contribution in [2.24, 2.45) is 5.92 Å². The van der Waals surface area contributed by atoms with Crippen molar-refractivity contribution in [3.63, 3.8) is 0 Å². The molecule has 1 fully saturated rings. The van der Waals surface area contributed by atoms with Crippen LogP contribution in [0.15, 0.2) is 42.6 Å². The Morgan fingerprint density at radius 3 is 2.96 bits per heavy atom. The Balaban J connectivity index is 1.40. The van der Waals surface area contributed by atoms with Crippen LogP contribution in [0, 0.1) is 5.92 Å². The Labute approximate surface area is 161 Å². The molecule has 4 rings (SSSR count). The summed E-state index contributed by atoms with van der Waals surface area (Å²) in [6.07, 6.45) is 1.29. The molecule has 0 bridgehead atoms. The summed E-state index contributed by atoms with van der Waals surface area (Å²) in [5.74, 6) is -0.401. The Morgan fingerprint density at radius 1 is 1.32 bits per heavy atom. The number of benzene rings is 1. The largest absolute Gasteiger partial charge is 0.479 e. The standard InChI is InChI=1S/C20H20N4O4/c1-12-19(26)23-16-9-14(5-6-17(16)28-12)22-20(27)13-8-18(25)24(10-13)11-15-4-2-3-7-21-15/h2-7,9,12-13H,8,10-11H2,1H3,(H,22,27)(H,23,26). The van der Waals surface area contributed by atoms with Crippen molar-refractivity contribution in [2.45, 2.75) is 26.0 Å². The van der Waals surface area contributed by atoms with Gasteiger partial charge in [-0.3, -0.25) is 19.4 Å². The molecule has 2 N–H and O–H groups in total. The number of pyridine rings is 1. The highest BCUT2D eigenvalue weighted by Gasteiger charge is 2.34. The number of fused-ring (bicyclic) bond motifs is 1. The molecule has 8 heteroatoms. The molecule has 0 saturated carbocycles. The van der Waals surface area contributed by atoms with E-state index in [-0.39, 0.29) is 24.1 Å². The number of hydrogen-bond donors (Lipinski definition) is 2. The minimum Gasteiger partial charge on any atom is -0.479 e. The van der Waals surface area contributed by atoms with E-state index in [9.17, 15) is 14.4 Å². The summed E-state index contributed by atoms with van der Waals surface area (Å²) in [6, 6.07) is 10.6. The molecule has 28 heavy (non-hydrogen) atoms. The van der Waals surface area contributed by atoms with Crippen molar-refractivity contribution in [1.82, 2.24) is 9.88 Å². The van der Waals surface area contributed by atoms with E-state index in [1.54, 1.807) is 36.2 Å². The molecular formula is C20H20N4O4. The summed E-state index contributed by atoms with van der Waals surface area (Å²) in [6.45, 7) is 2.41. The van der Waals surface area contributed by atoms with Gasteiger partial charge >= 0.3 is 0 Å². The third-order valence-electron chi connectivity index (χ3n) is 4.84. The molecule has 0 spiro atoms. The van der Waals surface area contributed by atoms with Gasteiger partial charge in [0.05, 0.1) is 23.8 Å². The number of carbonyl (C=O) groups excluding carboxylic acids is 3. The molecule has 3 heterocycles. The number of anilines is 2. The van der Waals surface area contributed by atoms with Crippen LogP contribution in [-0.4, -0.2) is 40.3 Å². The molecule has 2 unspecified atom stereocenters. The van der Waals surface area contributed by atoms with Gasteiger partial charge in [0.2, 0.25) is 11.8 Å². The number of likely N-dealkylation sites (tertiary alicyclic amines) is 1. The summed E-state index contributed by atoms with van der Waals surface area (Å²) in [5, 5.41) is 5.57. The molecule has 0 radical (unpaired) electrons. The average Bonchev–Trinajstić information content (AvgIpc) is 3.04. The number of nitrogens with zero attached hydrogens (tertiary/aromatic N) is 2. The quantitative estimate of drug-likeness (QED) is 0.842. The Morgan fingerprint density at radius 2 is 2.18 bits per heavy atom. The zero-order valence-electron chi connectivity index (χ0n) is 15.3. The number of ether oxygens (including phenoxy) is 1. The van der Waals surface area contributed by atoms with Crippen molar-refractivity contribution in [3.8, 4) is 5.75 Å². The van der Waals surface area contributed by atoms with E-state index in [1.165, 1.54) is 0 Å². The van der Waals surface area contributed by atoms with Crippen LogP contribution in [0.1, 0.15) is 19.0 Å². The highest BCUT2D eigenvalue weighted by atomic mass is 16.5. The zero-order valence-corrected chi connectivity index (χ0v) is 15.3. The minimum absolute atomic E-state index is 0.0640. The second-order valence-electron chi connectivity index (χ2n) is 6.95. The smallest absolute Gasteiger partial charge is 0.265 e. The van der Waals surface area contributed by atoms with Crippen LogP contribution in [0.25, 0.3) is 0 Å². The fourth-order valence-electron chi connectivity index (χ4n) is 3.32. The highest BCUT2D eigenvalue weighted by molar-refractivity contribution is 6.00. The topological polar surface area (TPSA) is 101 Å². The summed E-state index contributed by atoms with van der Waals surface area (Å²) in [4.78, 5) is 42.5. The number of rotatable bonds is 4. The lowest BCUT2D eigenvalue weighted by molar-refractivity contribution is -0.128. The summed E-state index contributed by atoms with van der Waals surface area (Å²) in [7, 11) is 0. The van der Waals surface area contributed by atoms with Gasteiger partial charge in [0.15, 0.2) is 6.10 Å². The summed E-state index contributed by atoms with van der Waals surface area (Å²) < 4.78 is 5.51. The van der Waals surface area contributed by atoms with E-state index in [0.29, 0.717) is 30.2 Å². The van der Waals surface area contributed by atoms with Gasteiger partial charge in [0.25, 0.3) is 5.91 Å². The number of carbonyl (C=O) groups is 3. The lowest BCUT2D eigenvalue weighted by atomic mass is 10.1. The number of aromatic nitrogens is 1. The van der Waals surface area contributed by atoms with Crippen LogP contribution >= 0.6 is 0 Å². The number of nitrogens with one attached hydrogen (secondary N) is 2. The molecule has 1 saturated heterocycles. The van der Waals surface area contributed by atoms with Gasteiger partial charge in [-0.1, -0.05) is 6.07 Å². The van der Waals surface area contributed by atoms with Crippen LogP contribution < -0.4 is 15.4 Å². The predicted molar refractivity (Wildman–Crippen MR) is 102 cm³/mol. The third-order valence-corrected chi connectivity index (χ3v) is 4.84. The van der Waals surface area contributed by atoms with Crippen molar-refractivity contribution < 1.29 is 19.1 Å². The lowest BCUT2D eigenvalue weighted by Gasteiger charge is -2.23. The first-order valence-corrected chi connectivity index (χ1v) is 9.10. The Hall–Kier alpha value is -3.42. The van der Waals surface area contributed by atoms with E-state index in [0.717, 1.165) is 5.69 Å². The van der Waals surface area contributed by atoms with Gasteiger partial charge < -0.3 is 20.3 Å². The maximum absolute atomic E-state index is 12.6. The summed E-state index contributed by atoms with van der Waals surface area (Å²) in [5.41, 5.74) is 1.84. The highest BCUT2D eigenvalue weighted by Crippen LogP contribution is 2.32. The van der Waals surface area contributed by atoms with E-state index >= 15 is 0 Å². The Bertz CT molecular complexity index is 931. The first kappa shape index (κ1) is 18.0. The number of amides is 3. The van der Waals surface area contributed by atoms with Crippen molar-refractivity contribution in [1.29, 1.82) is 0 Å². The van der Waals surface area contributed by atoms with E-state index < -0.39 is 12.0 Å². The molecule has 2 aromatic rings. The lowest BCUT2D eigenvalue weighted by Crippen LogP contribution is -2.34. The van der Waals surface area contributed by atoms with Crippen LogP contribution in [0.2, 0.25) is 0 Å². The van der Waals surface area contributed by atoms with Gasteiger partial charge in [0, 0.05) is 24.8 Å².